The maximum Gasteiger partial charge on any atom is 0.0625 e. The highest BCUT2D eigenvalue weighted by molar-refractivity contribution is 6.36. The standard InChI is InChI=1S/C8H9Cl2NO.ClH/c9-5-2-1-3-6(10)8(5)7(11)4-12;/h1-3,7,12H,4,11H2;1H/t7-;/m1./s1. The van der Waals surface area contributed by atoms with E-state index < -0.39 is 6.04 Å². The molecule has 0 bridgehead atoms. The van der Waals surface area contributed by atoms with E-state index in [1.54, 1.807) is 18.2 Å². The second kappa shape index (κ2) is 5.68. The van der Waals surface area contributed by atoms with Crippen LogP contribution in [-0.2, 0) is 0 Å². The maximum atomic E-state index is 8.79. The highest BCUT2D eigenvalue weighted by Crippen LogP contribution is 2.28. The minimum atomic E-state index is -0.508. The highest BCUT2D eigenvalue weighted by Gasteiger charge is 2.12. The topological polar surface area (TPSA) is 46.2 Å². The first kappa shape index (κ1) is 13.0. The number of aliphatic hydroxyl groups excluding tert-OH is 1. The third-order valence-corrected chi connectivity index (χ3v) is 2.23. The molecule has 0 radical (unpaired) electrons. The zero-order valence-corrected chi connectivity index (χ0v) is 9.03. The minimum absolute atomic E-state index is 0. The number of benzene rings is 1. The van der Waals surface area contributed by atoms with Crippen LogP contribution in [0.1, 0.15) is 11.6 Å². The van der Waals surface area contributed by atoms with E-state index in [2.05, 4.69) is 0 Å². The summed E-state index contributed by atoms with van der Waals surface area (Å²) >= 11 is 11.7. The monoisotopic (exact) mass is 241 g/mol. The van der Waals surface area contributed by atoms with Crippen LogP contribution in [0.2, 0.25) is 10.0 Å². The van der Waals surface area contributed by atoms with Gasteiger partial charge < -0.3 is 10.8 Å². The van der Waals surface area contributed by atoms with Crippen molar-refractivity contribution >= 4 is 35.6 Å². The summed E-state index contributed by atoms with van der Waals surface area (Å²) in [5, 5.41) is 9.77. The van der Waals surface area contributed by atoms with Crippen molar-refractivity contribution in [2.45, 2.75) is 6.04 Å². The molecule has 0 spiro atoms. The van der Waals surface area contributed by atoms with Gasteiger partial charge >= 0.3 is 0 Å². The number of nitrogens with two attached hydrogens (primary N) is 1. The molecule has 1 aromatic rings. The SMILES string of the molecule is Cl.N[C@H](CO)c1c(Cl)cccc1Cl. The molecule has 1 aromatic carbocycles. The van der Waals surface area contributed by atoms with Crippen molar-refractivity contribution in [2.75, 3.05) is 6.61 Å². The van der Waals surface area contributed by atoms with Gasteiger partial charge in [-0.1, -0.05) is 29.3 Å². The summed E-state index contributed by atoms with van der Waals surface area (Å²) in [6.45, 7) is -0.163. The largest absolute Gasteiger partial charge is 0.394 e. The molecule has 0 fully saturated rings. The van der Waals surface area contributed by atoms with Crippen molar-refractivity contribution in [2.24, 2.45) is 5.73 Å². The van der Waals surface area contributed by atoms with Crippen LogP contribution in [0.25, 0.3) is 0 Å². The first-order valence-electron chi connectivity index (χ1n) is 3.47. The number of rotatable bonds is 2. The molecule has 0 saturated heterocycles. The molecule has 0 aliphatic heterocycles. The summed E-state index contributed by atoms with van der Waals surface area (Å²) in [5.74, 6) is 0. The molecule has 1 rings (SSSR count). The smallest absolute Gasteiger partial charge is 0.0625 e. The molecule has 0 unspecified atom stereocenters. The molecule has 0 saturated carbocycles. The van der Waals surface area contributed by atoms with Gasteiger partial charge in [-0.2, -0.15) is 0 Å². The van der Waals surface area contributed by atoms with E-state index in [4.69, 9.17) is 34.0 Å². The van der Waals surface area contributed by atoms with E-state index >= 15 is 0 Å². The number of halogens is 3. The number of hydrogen-bond acceptors (Lipinski definition) is 2. The van der Waals surface area contributed by atoms with Crippen LogP contribution in [0.15, 0.2) is 18.2 Å². The number of hydrogen-bond donors (Lipinski definition) is 2. The lowest BCUT2D eigenvalue weighted by Gasteiger charge is -2.11. The highest BCUT2D eigenvalue weighted by atomic mass is 35.5. The van der Waals surface area contributed by atoms with Crippen molar-refractivity contribution in [3.05, 3.63) is 33.8 Å². The molecule has 0 heterocycles. The first-order chi connectivity index (χ1) is 5.66. The zero-order chi connectivity index (χ0) is 9.14. The van der Waals surface area contributed by atoms with Crippen LogP contribution in [0.3, 0.4) is 0 Å². The van der Waals surface area contributed by atoms with Gasteiger partial charge in [0.2, 0.25) is 0 Å². The van der Waals surface area contributed by atoms with Gasteiger partial charge in [0.1, 0.15) is 0 Å². The van der Waals surface area contributed by atoms with Crippen LogP contribution >= 0.6 is 35.6 Å². The van der Waals surface area contributed by atoms with E-state index in [-0.39, 0.29) is 19.0 Å². The molecular weight excluding hydrogens is 232 g/mol. The van der Waals surface area contributed by atoms with Crippen molar-refractivity contribution in [3.8, 4) is 0 Å². The van der Waals surface area contributed by atoms with Crippen LogP contribution in [0, 0.1) is 0 Å². The molecule has 74 valence electrons. The van der Waals surface area contributed by atoms with Crippen molar-refractivity contribution in [3.63, 3.8) is 0 Å². The van der Waals surface area contributed by atoms with Crippen LogP contribution in [0.5, 0.6) is 0 Å². The lowest BCUT2D eigenvalue weighted by Crippen LogP contribution is -2.15. The van der Waals surface area contributed by atoms with Crippen LogP contribution in [0.4, 0.5) is 0 Å². The van der Waals surface area contributed by atoms with Gasteiger partial charge in [0.05, 0.1) is 12.6 Å². The Balaban J connectivity index is 0.00000144. The Morgan fingerprint density at radius 1 is 1.31 bits per heavy atom. The van der Waals surface area contributed by atoms with E-state index in [1.807, 2.05) is 0 Å². The van der Waals surface area contributed by atoms with Gasteiger partial charge in [-0.05, 0) is 12.1 Å². The van der Waals surface area contributed by atoms with E-state index in [1.165, 1.54) is 0 Å². The second-order valence-corrected chi connectivity index (χ2v) is 3.24. The fourth-order valence-electron chi connectivity index (χ4n) is 0.956. The Kier molecular flexibility index (Phi) is 5.68. The van der Waals surface area contributed by atoms with Gasteiger partial charge in [0, 0.05) is 15.6 Å². The minimum Gasteiger partial charge on any atom is -0.394 e. The molecule has 0 aliphatic carbocycles. The van der Waals surface area contributed by atoms with Crippen LogP contribution < -0.4 is 5.73 Å². The molecule has 13 heavy (non-hydrogen) atoms. The third-order valence-electron chi connectivity index (χ3n) is 1.57. The summed E-state index contributed by atoms with van der Waals surface area (Å²) < 4.78 is 0. The second-order valence-electron chi connectivity index (χ2n) is 2.42. The average Bonchev–Trinajstić information content (AvgIpc) is 2.03. The van der Waals surface area contributed by atoms with E-state index in [9.17, 15) is 0 Å². The Morgan fingerprint density at radius 2 is 1.77 bits per heavy atom. The fourth-order valence-corrected chi connectivity index (χ4v) is 1.63. The molecule has 2 nitrogen and oxygen atoms in total. The molecular formula is C8H10Cl3NO. The Bertz CT molecular complexity index is 260. The lowest BCUT2D eigenvalue weighted by molar-refractivity contribution is 0.268. The predicted molar refractivity (Wildman–Crippen MR) is 57.7 cm³/mol. The van der Waals surface area contributed by atoms with Gasteiger partial charge in [0.15, 0.2) is 0 Å². The predicted octanol–water partition coefficient (Wildman–Crippen LogP) is 2.41. The third kappa shape index (κ3) is 3.01. The van der Waals surface area contributed by atoms with Crippen molar-refractivity contribution in [1.29, 1.82) is 0 Å². The zero-order valence-electron chi connectivity index (χ0n) is 6.71. The Morgan fingerprint density at radius 3 is 2.15 bits per heavy atom. The quantitative estimate of drug-likeness (QED) is 0.837. The van der Waals surface area contributed by atoms with E-state index in [0.29, 0.717) is 15.6 Å². The summed E-state index contributed by atoms with van der Waals surface area (Å²) in [7, 11) is 0. The summed E-state index contributed by atoms with van der Waals surface area (Å²) in [4.78, 5) is 0. The van der Waals surface area contributed by atoms with Crippen molar-refractivity contribution in [1.82, 2.24) is 0 Å². The molecule has 3 N–H and O–H groups in total. The van der Waals surface area contributed by atoms with Crippen molar-refractivity contribution < 1.29 is 5.11 Å². The van der Waals surface area contributed by atoms with E-state index in [0.717, 1.165) is 0 Å². The van der Waals surface area contributed by atoms with Gasteiger partial charge in [-0.25, -0.2) is 0 Å². The normalized spacial score (nSPS) is 12.0. The van der Waals surface area contributed by atoms with Gasteiger partial charge in [0.25, 0.3) is 0 Å². The van der Waals surface area contributed by atoms with Crippen LogP contribution in [-0.4, -0.2) is 11.7 Å². The molecule has 0 aliphatic rings. The Hall–Kier alpha value is 0.01000. The molecule has 1 atom stereocenters. The Labute approximate surface area is 93.1 Å². The number of aliphatic hydroxyl groups is 1. The molecule has 0 aromatic heterocycles. The lowest BCUT2D eigenvalue weighted by atomic mass is 10.1. The summed E-state index contributed by atoms with van der Waals surface area (Å²) in [6, 6.07) is 4.61. The van der Waals surface area contributed by atoms with Gasteiger partial charge in [-0.15, -0.1) is 12.4 Å². The summed E-state index contributed by atoms with van der Waals surface area (Å²) in [5.41, 5.74) is 6.18. The average molecular weight is 243 g/mol. The maximum absolute atomic E-state index is 8.79. The fraction of sp³-hybridized carbons (Fsp3) is 0.250. The first-order valence-corrected chi connectivity index (χ1v) is 4.22. The molecule has 0 amide bonds. The molecule has 5 heteroatoms. The van der Waals surface area contributed by atoms with Gasteiger partial charge in [-0.3, -0.25) is 0 Å². The summed E-state index contributed by atoms with van der Waals surface area (Å²) in [6.07, 6.45) is 0.